The predicted molar refractivity (Wildman–Crippen MR) is 107 cm³/mol. The Morgan fingerprint density at radius 2 is 2.00 bits per heavy atom. The SMILES string of the molecule is c1coc(-c2nnc(CSc3nnc(-c4c[nH]c5ccccc45)n3C3CC3)o2)c1. The lowest BCUT2D eigenvalue weighted by Gasteiger charge is -2.07. The molecule has 1 N–H and O–H groups in total. The first-order valence-corrected chi connectivity index (χ1v) is 10.4. The number of hydrogen-bond acceptors (Lipinski definition) is 7. The van der Waals surface area contributed by atoms with Crippen LogP contribution in [-0.4, -0.2) is 29.9 Å². The molecule has 1 saturated carbocycles. The number of benzene rings is 1. The van der Waals surface area contributed by atoms with Gasteiger partial charge in [0.1, 0.15) is 0 Å². The first-order chi connectivity index (χ1) is 14.4. The zero-order valence-corrected chi connectivity index (χ0v) is 16.1. The highest BCUT2D eigenvalue weighted by Gasteiger charge is 2.31. The van der Waals surface area contributed by atoms with Crippen LogP contribution in [0, 0.1) is 0 Å². The fourth-order valence-corrected chi connectivity index (χ4v) is 4.26. The van der Waals surface area contributed by atoms with E-state index in [2.05, 4.69) is 42.1 Å². The van der Waals surface area contributed by atoms with Gasteiger partial charge in [-0.25, -0.2) is 0 Å². The lowest BCUT2D eigenvalue weighted by molar-refractivity contribution is 0.494. The van der Waals surface area contributed by atoms with Gasteiger partial charge < -0.3 is 13.8 Å². The summed E-state index contributed by atoms with van der Waals surface area (Å²) in [6.07, 6.45) is 5.88. The Labute approximate surface area is 169 Å². The molecular weight excluding hydrogens is 388 g/mol. The van der Waals surface area contributed by atoms with E-state index in [1.165, 1.54) is 0 Å². The summed E-state index contributed by atoms with van der Waals surface area (Å²) in [5.41, 5.74) is 2.17. The van der Waals surface area contributed by atoms with Crippen molar-refractivity contribution in [2.24, 2.45) is 0 Å². The molecule has 0 amide bonds. The van der Waals surface area contributed by atoms with Gasteiger partial charge >= 0.3 is 0 Å². The van der Waals surface area contributed by atoms with E-state index in [1.54, 1.807) is 30.2 Å². The van der Waals surface area contributed by atoms with Gasteiger partial charge in [-0.05, 0) is 31.0 Å². The van der Waals surface area contributed by atoms with Gasteiger partial charge in [0.05, 0.1) is 12.0 Å². The molecule has 1 aliphatic carbocycles. The summed E-state index contributed by atoms with van der Waals surface area (Å²) in [7, 11) is 0. The van der Waals surface area contributed by atoms with Crippen LogP contribution in [0.5, 0.6) is 0 Å². The minimum atomic E-state index is 0.383. The lowest BCUT2D eigenvalue weighted by atomic mass is 10.1. The summed E-state index contributed by atoms with van der Waals surface area (Å²) in [5.74, 6) is 2.90. The Hall–Kier alpha value is -3.33. The monoisotopic (exact) mass is 404 g/mol. The van der Waals surface area contributed by atoms with Crippen LogP contribution < -0.4 is 0 Å². The molecule has 6 rings (SSSR count). The molecule has 0 unspecified atom stereocenters. The topological polar surface area (TPSA) is 98.6 Å². The maximum Gasteiger partial charge on any atom is 0.283 e. The average Bonchev–Trinajstić information content (AvgIpc) is 3.22. The minimum absolute atomic E-state index is 0.383. The number of furan rings is 1. The van der Waals surface area contributed by atoms with Crippen molar-refractivity contribution in [3.05, 3.63) is 54.7 Å². The van der Waals surface area contributed by atoms with Gasteiger partial charge in [0.25, 0.3) is 5.89 Å². The van der Waals surface area contributed by atoms with Gasteiger partial charge in [0.2, 0.25) is 5.89 Å². The van der Waals surface area contributed by atoms with Crippen LogP contribution in [-0.2, 0) is 5.75 Å². The van der Waals surface area contributed by atoms with Crippen LogP contribution in [0.25, 0.3) is 33.9 Å². The van der Waals surface area contributed by atoms with E-state index in [9.17, 15) is 0 Å². The first-order valence-electron chi connectivity index (χ1n) is 9.37. The van der Waals surface area contributed by atoms with E-state index in [4.69, 9.17) is 8.83 Å². The first kappa shape index (κ1) is 16.6. The van der Waals surface area contributed by atoms with Crippen LogP contribution in [0.4, 0.5) is 0 Å². The number of aromatic amines is 1. The molecule has 0 atom stereocenters. The second-order valence-electron chi connectivity index (χ2n) is 6.92. The van der Waals surface area contributed by atoms with Crippen molar-refractivity contribution in [2.45, 2.75) is 29.8 Å². The number of nitrogens with one attached hydrogen (secondary N) is 1. The van der Waals surface area contributed by atoms with E-state index in [0.717, 1.165) is 40.3 Å². The summed E-state index contributed by atoms with van der Waals surface area (Å²) >= 11 is 1.55. The molecule has 1 fully saturated rings. The van der Waals surface area contributed by atoms with Crippen molar-refractivity contribution in [1.29, 1.82) is 0 Å². The van der Waals surface area contributed by atoms with Crippen LogP contribution in [0.1, 0.15) is 24.8 Å². The molecule has 0 bridgehead atoms. The summed E-state index contributed by atoms with van der Waals surface area (Å²) in [6, 6.07) is 12.3. The number of nitrogens with zero attached hydrogens (tertiary/aromatic N) is 5. The minimum Gasteiger partial charge on any atom is -0.459 e. The van der Waals surface area contributed by atoms with Gasteiger partial charge in [-0.2, -0.15) is 0 Å². The summed E-state index contributed by atoms with van der Waals surface area (Å²) in [6.45, 7) is 0. The molecule has 4 aromatic heterocycles. The highest BCUT2D eigenvalue weighted by atomic mass is 32.2. The fraction of sp³-hybridized carbons (Fsp3) is 0.200. The highest BCUT2D eigenvalue weighted by molar-refractivity contribution is 7.98. The second kappa shape index (κ2) is 6.63. The second-order valence-corrected chi connectivity index (χ2v) is 7.86. The number of aromatic nitrogens is 6. The van der Waals surface area contributed by atoms with Gasteiger partial charge in [-0.1, -0.05) is 30.0 Å². The van der Waals surface area contributed by atoms with Crippen LogP contribution >= 0.6 is 11.8 Å². The molecule has 5 aromatic rings. The molecule has 144 valence electrons. The zero-order chi connectivity index (χ0) is 19.2. The molecule has 0 spiro atoms. The molecule has 0 radical (unpaired) electrons. The maximum absolute atomic E-state index is 5.70. The molecular formula is C20H16N6O2S. The third kappa shape index (κ3) is 2.94. The maximum atomic E-state index is 5.70. The van der Waals surface area contributed by atoms with E-state index >= 15 is 0 Å². The Kier molecular flexibility index (Phi) is 3.80. The Morgan fingerprint density at radius 1 is 1.07 bits per heavy atom. The summed E-state index contributed by atoms with van der Waals surface area (Å²) in [5, 5.41) is 19.2. The van der Waals surface area contributed by atoms with E-state index in [-0.39, 0.29) is 0 Å². The van der Waals surface area contributed by atoms with Crippen molar-refractivity contribution in [1.82, 2.24) is 29.9 Å². The van der Waals surface area contributed by atoms with Crippen molar-refractivity contribution < 1.29 is 8.83 Å². The van der Waals surface area contributed by atoms with Crippen molar-refractivity contribution in [2.75, 3.05) is 0 Å². The van der Waals surface area contributed by atoms with E-state index in [1.807, 2.05) is 18.3 Å². The number of H-pyrrole nitrogens is 1. The molecule has 4 heterocycles. The molecule has 1 aliphatic rings. The molecule has 0 aliphatic heterocycles. The summed E-state index contributed by atoms with van der Waals surface area (Å²) < 4.78 is 13.2. The number of thioether (sulfide) groups is 1. The Balaban J connectivity index is 1.29. The van der Waals surface area contributed by atoms with E-state index < -0.39 is 0 Å². The number of hydrogen-bond donors (Lipinski definition) is 1. The molecule has 0 saturated heterocycles. The summed E-state index contributed by atoms with van der Waals surface area (Å²) in [4.78, 5) is 3.33. The highest BCUT2D eigenvalue weighted by Crippen LogP contribution is 2.42. The van der Waals surface area contributed by atoms with Gasteiger partial charge in [0, 0.05) is 28.7 Å². The molecule has 1 aromatic carbocycles. The van der Waals surface area contributed by atoms with Crippen molar-refractivity contribution >= 4 is 22.7 Å². The van der Waals surface area contributed by atoms with Crippen LogP contribution in [0.15, 0.2) is 62.8 Å². The largest absolute Gasteiger partial charge is 0.459 e. The standard InChI is InChI=1S/C20H16N6O2S/c1-2-5-15-13(4-1)14(10-21-15)18-23-25-20(26(18)12-7-8-12)29-11-17-22-24-19(28-17)16-6-3-9-27-16/h1-6,9-10,12,21H,7-8,11H2. The Bertz CT molecular complexity index is 1280. The predicted octanol–water partition coefficient (Wildman–Crippen LogP) is 4.70. The van der Waals surface area contributed by atoms with Gasteiger partial charge in [-0.15, -0.1) is 20.4 Å². The lowest BCUT2D eigenvalue weighted by Crippen LogP contribution is -1.99. The number of fused-ring (bicyclic) bond motifs is 1. The van der Waals surface area contributed by atoms with Gasteiger partial charge in [-0.3, -0.25) is 4.57 Å². The third-order valence-electron chi connectivity index (χ3n) is 4.93. The van der Waals surface area contributed by atoms with Crippen LogP contribution in [0.3, 0.4) is 0 Å². The number of rotatable bonds is 6. The third-order valence-corrected chi connectivity index (χ3v) is 5.86. The normalized spacial score (nSPS) is 14.1. The smallest absolute Gasteiger partial charge is 0.283 e. The molecule has 9 heteroatoms. The van der Waals surface area contributed by atoms with E-state index in [0.29, 0.717) is 29.3 Å². The van der Waals surface area contributed by atoms with Gasteiger partial charge in [0.15, 0.2) is 16.7 Å². The molecule has 8 nitrogen and oxygen atoms in total. The Morgan fingerprint density at radius 3 is 2.86 bits per heavy atom. The quantitative estimate of drug-likeness (QED) is 0.410. The molecule has 29 heavy (non-hydrogen) atoms. The zero-order valence-electron chi connectivity index (χ0n) is 15.3. The number of para-hydroxylation sites is 1. The van der Waals surface area contributed by atoms with Crippen molar-refractivity contribution in [3.63, 3.8) is 0 Å². The average molecular weight is 404 g/mol. The fourth-order valence-electron chi connectivity index (χ4n) is 3.42. The van der Waals surface area contributed by atoms with Crippen LogP contribution in [0.2, 0.25) is 0 Å². The van der Waals surface area contributed by atoms with Crippen molar-refractivity contribution in [3.8, 4) is 23.0 Å².